The molecule has 0 aliphatic heterocycles. The van der Waals surface area contributed by atoms with Crippen molar-refractivity contribution in [1.29, 1.82) is 0 Å². The van der Waals surface area contributed by atoms with Crippen LogP contribution in [-0.2, 0) is 16.5 Å². The van der Waals surface area contributed by atoms with Crippen LogP contribution < -0.4 is 4.72 Å². The smallest absolute Gasteiger partial charge is 0.213 e. The van der Waals surface area contributed by atoms with Crippen LogP contribution in [0.3, 0.4) is 0 Å². The maximum Gasteiger partial charge on any atom is 0.213 e. The average Bonchev–Trinajstić information content (AvgIpc) is 2.72. The first-order valence-electron chi connectivity index (χ1n) is 4.91. The third-order valence-corrected chi connectivity index (χ3v) is 4.07. The number of rotatable bonds is 3. The molecule has 0 bridgehead atoms. The quantitative estimate of drug-likeness (QED) is 0.843. The molecule has 1 heterocycles. The summed E-state index contributed by atoms with van der Waals surface area (Å²) in [5.41, 5.74) is -0.314. The maximum atomic E-state index is 11.9. The largest absolute Gasteiger partial charge is 0.343 e. The molecule has 0 amide bonds. The Morgan fingerprint density at radius 2 is 2.20 bits per heavy atom. The van der Waals surface area contributed by atoms with Crippen molar-refractivity contribution in [3.05, 3.63) is 12.2 Å². The second-order valence-electron chi connectivity index (χ2n) is 4.82. The maximum absolute atomic E-state index is 11.9. The van der Waals surface area contributed by atoms with Crippen LogP contribution in [0.25, 0.3) is 0 Å². The van der Waals surface area contributed by atoms with Crippen molar-refractivity contribution in [1.82, 2.24) is 14.9 Å². The fourth-order valence-corrected chi connectivity index (χ4v) is 2.16. The first-order chi connectivity index (χ1) is 6.94. The summed E-state index contributed by atoms with van der Waals surface area (Å²) in [4.78, 5) is 4.01. The van der Waals surface area contributed by atoms with Gasteiger partial charge in [-0.3, -0.25) is 0 Å². The Labute approximate surface area is 91.2 Å². The Balaban J connectivity index is 2.10. The van der Waals surface area contributed by atoms with Gasteiger partial charge < -0.3 is 4.52 Å². The Hall–Kier alpha value is -0.750. The summed E-state index contributed by atoms with van der Waals surface area (Å²) in [6.45, 7) is 5.80. The fourth-order valence-electron chi connectivity index (χ4n) is 1.21. The monoisotopic (exact) mass is 229 g/mol. The normalized spacial score (nSPS) is 21.3. The molecule has 1 aromatic rings. The van der Waals surface area contributed by atoms with E-state index in [9.17, 15) is 4.21 Å². The zero-order valence-corrected chi connectivity index (χ0v) is 9.93. The van der Waals surface area contributed by atoms with E-state index in [1.54, 1.807) is 0 Å². The molecule has 0 spiro atoms. The summed E-state index contributed by atoms with van der Waals surface area (Å²) in [5.74, 6) is 0.611. The summed E-state index contributed by atoms with van der Waals surface area (Å²) >= 11 is 0. The standard InChI is InChI=1S/C9H15N3O2S/c1-8(2,3)15(13)12-9(4-5-9)7-10-6-14-11-7/h6,12H,4-5H2,1-3H3. The van der Waals surface area contributed by atoms with Gasteiger partial charge in [0.1, 0.15) is 0 Å². The van der Waals surface area contributed by atoms with Crippen LogP contribution in [0, 0.1) is 0 Å². The highest BCUT2D eigenvalue weighted by Gasteiger charge is 2.50. The van der Waals surface area contributed by atoms with Crippen LogP contribution in [-0.4, -0.2) is 19.1 Å². The molecule has 6 heteroatoms. The highest BCUT2D eigenvalue weighted by molar-refractivity contribution is 7.84. The van der Waals surface area contributed by atoms with Crippen molar-refractivity contribution in [3.8, 4) is 0 Å². The van der Waals surface area contributed by atoms with Crippen molar-refractivity contribution >= 4 is 11.0 Å². The van der Waals surface area contributed by atoms with E-state index in [-0.39, 0.29) is 10.3 Å². The zero-order valence-electron chi connectivity index (χ0n) is 9.11. The van der Waals surface area contributed by atoms with E-state index >= 15 is 0 Å². The van der Waals surface area contributed by atoms with Crippen LogP contribution in [0.4, 0.5) is 0 Å². The lowest BCUT2D eigenvalue weighted by molar-refractivity contribution is 0.399. The lowest BCUT2D eigenvalue weighted by atomic mass is 10.3. The first-order valence-corrected chi connectivity index (χ1v) is 6.06. The number of aromatic nitrogens is 2. The fraction of sp³-hybridized carbons (Fsp3) is 0.778. The van der Waals surface area contributed by atoms with Crippen molar-refractivity contribution in [2.24, 2.45) is 0 Å². The summed E-state index contributed by atoms with van der Waals surface area (Å²) in [6, 6.07) is 0. The average molecular weight is 229 g/mol. The van der Waals surface area contributed by atoms with E-state index in [0.29, 0.717) is 5.82 Å². The molecule has 0 saturated heterocycles. The van der Waals surface area contributed by atoms with Crippen LogP contribution in [0.2, 0.25) is 0 Å². The minimum Gasteiger partial charge on any atom is -0.343 e. The van der Waals surface area contributed by atoms with Gasteiger partial charge in [-0.05, 0) is 33.6 Å². The second-order valence-corrected chi connectivity index (χ2v) is 6.79. The van der Waals surface area contributed by atoms with Gasteiger partial charge in [0, 0.05) is 0 Å². The van der Waals surface area contributed by atoms with Crippen molar-refractivity contribution < 1.29 is 8.73 Å². The minimum absolute atomic E-state index is 0.278. The van der Waals surface area contributed by atoms with Gasteiger partial charge in [0.25, 0.3) is 0 Å². The highest BCUT2D eigenvalue weighted by atomic mass is 32.2. The third kappa shape index (κ3) is 2.10. The van der Waals surface area contributed by atoms with Crippen LogP contribution >= 0.6 is 0 Å². The third-order valence-electron chi connectivity index (χ3n) is 2.38. The number of nitrogens with zero attached hydrogens (tertiary/aromatic N) is 2. The first kappa shape index (κ1) is 10.8. The van der Waals surface area contributed by atoms with Gasteiger partial charge >= 0.3 is 0 Å². The van der Waals surface area contributed by atoms with Crippen LogP contribution in [0.5, 0.6) is 0 Å². The molecule has 1 aliphatic rings. The number of hydrogen-bond donors (Lipinski definition) is 1. The van der Waals surface area contributed by atoms with E-state index < -0.39 is 11.0 Å². The predicted molar refractivity (Wildman–Crippen MR) is 56.2 cm³/mol. The summed E-state index contributed by atoms with van der Waals surface area (Å²) < 4.78 is 19.5. The summed E-state index contributed by atoms with van der Waals surface area (Å²) in [5, 5.41) is 3.80. The number of nitrogens with one attached hydrogen (secondary N) is 1. The summed E-state index contributed by atoms with van der Waals surface area (Å²) in [7, 11) is -1.10. The SMILES string of the molecule is CC(C)(C)S(=O)NC1(c2ncon2)CC1. The topological polar surface area (TPSA) is 68.0 Å². The second kappa shape index (κ2) is 3.38. The van der Waals surface area contributed by atoms with Gasteiger partial charge in [-0.15, -0.1) is 0 Å². The van der Waals surface area contributed by atoms with Gasteiger partial charge in [0.2, 0.25) is 6.39 Å². The van der Waals surface area contributed by atoms with E-state index in [1.165, 1.54) is 6.39 Å². The molecular formula is C9H15N3O2S. The molecule has 1 fully saturated rings. The van der Waals surface area contributed by atoms with Gasteiger partial charge in [-0.2, -0.15) is 4.98 Å². The lowest BCUT2D eigenvalue weighted by Crippen LogP contribution is -2.40. The molecule has 15 heavy (non-hydrogen) atoms. The Kier molecular flexibility index (Phi) is 2.42. The molecule has 5 nitrogen and oxygen atoms in total. The van der Waals surface area contributed by atoms with E-state index in [2.05, 4.69) is 14.9 Å². The van der Waals surface area contributed by atoms with Crippen LogP contribution in [0.1, 0.15) is 39.4 Å². The lowest BCUT2D eigenvalue weighted by Gasteiger charge is -2.21. The Morgan fingerprint density at radius 1 is 1.53 bits per heavy atom. The molecule has 2 rings (SSSR count). The molecule has 1 N–H and O–H groups in total. The molecule has 0 radical (unpaired) electrons. The molecular weight excluding hydrogens is 214 g/mol. The van der Waals surface area contributed by atoms with E-state index in [1.807, 2.05) is 20.8 Å². The molecule has 1 atom stereocenters. The highest BCUT2D eigenvalue weighted by Crippen LogP contribution is 2.44. The Bertz CT molecular complexity index is 365. The van der Waals surface area contributed by atoms with E-state index in [4.69, 9.17) is 4.52 Å². The molecule has 1 aliphatic carbocycles. The van der Waals surface area contributed by atoms with Gasteiger partial charge in [0.15, 0.2) is 5.82 Å². The van der Waals surface area contributed by atoms with Gasteiger partial charge in [-0.25, -0.2) is 8.93 Å². The minimum atomic E-state index is -1.10. The van der Waals surface area contributed by atoms with Crippen molar-refractivity contribution in [3.63, 3.8) is 0 Å². The zero-order chi connectivity index (χ0) is 11.1. The molecule has 1 unspecified atom stereocenters. The predicted octanol–water partition coefficient (Wildman–Crippen LogP) is 1.11. The molecule has 1 aromatic heterocycles. The van der Waals surface area contributed by atoms with Crippen molar-refractivity contribution in [2.75, 3.05) is 0 Å². The van der Waals surface area contributed by atoms with Gasteiger partial charge in [0.05, 0.1) is 21.3 Å². The Morgan fingerprint density at radius 3 is 2.60 bits per heavy atom. The van der Waals surface area contributed by atoms with Gasteiger partial charge in [-0.1, -0.05) is 5.16 Å². The molecule has 1 saturated carbocycles. The number of hydrogen-bond acceptors (Lipinski definition) is 4. The van der Waals surface area contributed by atoms with Crippen molar-refractivity contribution in [2.45, 2.75) is 43.9 Å². The van der Waals surface area contributed by atoms with E-state index in [0.717, 1.165) is 12.8 Å². The molecule has 84 valence electrons. The van der Waals surface area contributed by atoms with Crippen LogP contribution in [0.15, 0.2) is 10.9 Å². The summed E-state index contributed by atoms with van der Waals surface area (Å²) in [6.07, 6.45) is 3.12. The molecule has 0 aromatic carbocycles.